The Balaban J connectivity index is 1.60. The third-order valence-corrected chi connectivity index (χ3v) is 5.82. The van der Waals surface area contributed by atoms with Gasteiger partial charge in [-0.2, -0.15) is 0 Å². The highest BCUT2D eigenvalue weighted by molar-refractivity contribution is 6.30. The molecule has 0 unspecified atom stereocenters. The van der Waals surface area contributed by atoms with Crippen LogP contribution in [-0.4, -0.2) is 54.3 Å². The summed E-state index contributed by atoms with van der Waals surface area (Å²) < 4.78 is 0. The van der Waals surface area contributed by atoms with Gasteiger partial charge < -0.3 is 10.2 Å². The van der Waals surface area contributed by atoms with Crippen LogP contribution in [0.2, 0.25) is 5.02 Å². The largest absolute Gasteiger partial charge is 0.348 e. The molecule has 1 aromatic rings. The second-order valence-electron chi connectivity index (χ2n) is 7.43. The standard InChI is InChI=1S/C20H28ClN3O2/c1-15(25)24-11-9-23(10-12-24)14-19(26)22-20(16-5-2-3-6-16)17-7-4-8-18(21)13-17/h4,7-8,13,16,20H,2-3,5-6,9-12,14H2,1H3,(H,22,26)/t20-/m0/s1. The van der Waals surface area contributed by atoms with Crippen molar-refractivity contribution in [3.63, 3.8) is 0 Å². The zero-order valence-electron chi connectivity index (χ0n) is 15.4. The van der Waals surface area contributed by atoms with Gasteiger partial charge in [-0.25, -0.2) is 0 Å². The van der Waals surface area contributed by atoms with Gasteiger partial charge in [-0.05, 0) is 36.5 Å². The van der Waals surface area contributed by atoms with Crippen LogP contribution >= 0.6 is 11.6 Å². The third kappa shape index (κ3) is 4.98. The number of benzene rings is 1. The molecule has 0 aromatic heterocycles. The van der Waals surface area contributed by atoms with Crippen molar-refractivity contribution >= 4 is 23.4 Å². The van der Waals surface area contributed by atoms with Crippen LogP contribution in [0, 0.1) is 5.92 Å². The minimum Gasteiger partial charge on any atom is -0.348 e. The van der Waals surface area contributed by atoms with E-state index in [-0.39, 0.29) is 17.9 Å². The summed E-state index contributed by atoms with van der Waals surface area (Å²) in [7, 11) is 0. The van der Waals surface area contributed by atoms with E-state index < -0.39 is 0 Å². The average Bonchev–Trinajstić information content (AvgIpc) is 3.14. The van der Waals surface area contributed by atoms with E-state index in [1.165, 1.54) is 12.8 Å². The second-order valence-corrected chi connectivity index (χ2v) is 7.86. The van der Waals surface area contributed by atoms with Gasteiger partial charge in [-0.1, -0.05) is 36.6 Å². The van der Waals surface area contributed by atoms with Gasteiger partial charge >= 0.3 is 0 Å². The first-order valence-corrected chi connectivity index (χ1v) is 9.93. The normalized spacial score (nSPS) is 20.2. The lowest BCUT2D eigenvalue weighted by atomic mass is 9.91. The Morgan fingerprint density at radius 1 is 1.19 bits per heavy atom. The lowest BCUT2D eigenvalue weighted by molar-refractivity contribution is -0.131. The molecule has 2 aliphatic rings. The van der Waals surface area contributed by atoms with Gasteiger partial charge in [-0.15, -0.1) is 0 Å². The molecule has 1 saturated carbocycles. The van der Waals surface area contributed by atoms with E-state index in [9.17, 15) is 9.59 Å². The smallest absolute Gasteiger partial charge is 0.234 e. The first kappa shape index (κ1) is 19.2. The maximum Gasteiger partial charge on any atom is 0.234 e. The number of amides is 2. The first-order chi connectivity index (χ1) is 12.5. The number of hydrogen-bond acceptors (Lipinski definition) is 3. The van der Waals surface area contributed by atoms with Gasteiger partial charge in [0.2, 0.25) is 11.8 Å². The Morgan fingerprint density at radius 2 is 1.88 bits per heavy atom. The Bertz CT molecular complexity index is 638. The Kier molecular flexibility index (Phi) is 6.54. The molecule has 5 nitrogen and oxygen atoms in total. The molecule has 2 amide bonds. The highest BCUT2D eigenvalue weighted by atomic mass is 35.5. The number of carbonyl (C=O) groups excluding carboxylic acids is 2. The van der Waals surface area contributed by atoms with Crippen molar-refractivity contribution < 1.29 is 9.59 Å². The van der Waals surface area contributed by atoms with Crippen LogP contribution in [0.4, 0.5) is 0 Å². The number of carbonyl (C=O) groups is 2. The van der Waals surface area contributed by atoms with E-state index in [0.717, 1.165) is 31.5 Å². The van der Waals surface area contributed by atoms with Crippen LogP contribution in [0.1, 0.15) is 44.2 Å². The van der Waals surface area contributed by atoms with E-state index in [1.807, 2.05) is 23.1 Å². The van der Waals surface area contributed by atoms with Crippen molar-refractivity contribution in [3.8, 4) is 0 Å². The Hall–Kier alpha value is -1.59. The Morgan fingerprint density at radius 3 is 2.50 bits per heavy atom. The third-order valence-electron chi connectivity index (χ3n) is 5.58. The fourth-order valence-electron chi connectivity index (χ4n) is 4.11. The lowest BCUT2D eigenvalue weighted by Gasteiger charge is -2.34. The highest BCUT2D eigenvalue weighted by Gasteiger charge is 2.29. The summed E-state index contributed by atoms with van der Waals surface area (Å²) in [6.07, 6.45) is 4.75. The van der Waals surface area contributed by atoms with Gasteiger partial charge in [0.1, 0.15) is 0 Å². The number of nitrogens with one attached hydrogen (secondary N) is 1. The van der Waals surface area contributed by atoms with Crippen LogP contribution in [0.5, 0.6) is 0 Å². The predicted molar refractivity (Wildman–Crippen MR) is 103 cm³/mol. The van der Waals surface area contributed by atoms with Gasteiger partial charge in [0.15, 0.2) is 0 Å². The summed E-state index contributed by atoms with van der Waals surface area (Å²) in [4.78, 5) is 28.1. The molecule has 3 rings (SSSR count). The number of rotatable bonds is 5. The van der Waals surface area contributed by atoms with E-state index in [4.69, 9.17) is 11.6 Å². The molecular weight excluding hydrogens is 350 g/mol. The quantitative estimate of drug-likeness (QED) is 0.858. The Labute approximate surface area is 160 Å². The molecule has 0 radical (unpaired) electrons. The van der Waals surface area contributed by atoms with Crippen LogP contribution in [0.25, 0.3) is 0 Å². The van der Waals surface area contributed by atoms with Crippen LogP contribution in [0.3, 0.4) is 0 Å². The van der Waals surface area contributed by atoms with Crippen LogP contribution < -0.4 is 5.32 Å². The molecule has 1 heterocycles. The minimum absolute atomic E-state index is 0.0298. The van der Waals surface area contributed by atoms with Crippen LogP contribution in [-0.2, 0) is 9.59 Å². The predicted octanol–water partition coefficient (Wildman–Crippen LogP) is 2.85. The molecule has 1 N–H and O–H groups in total. The van der Waals surface area contributed by atoms with Crippen molar-refractivity contribution in [1.82, 2.24) is 15.1 Å². The summed E-state index contributed by atoms with van der Waals surface area (Å²) in [5.74, 6) is 0.640. The van der Waals surface area contributed by atoms with E-state index in [0.29, 0.717) is 30.6 Å². The molecule has 0 spiro atoms. The number of halogens is 1. The van der Waals surface area contributed by atoms with E-state index in [2.05, 4.69) is 16.3 Å². The van der Waals surface area contributed by atoms with Gasteiger partial charge in [0.25, 0.3) is 0 Å². The second kappa shape index (κ2) is 8.87. The number of nitrogens with zero attached hydrogens (tertiary/aromatic N) is 2. The molecular formula is C20H28ClN3O2. The topological polar surface area (TPSA) is 52.7 Å². The van der Waals surface area contributed by atoms with Gasteiger partial charge in [-0.3, -0.25) is 14.5 Å². The molecule has 1 aliphatic heterocycles. The summed E-state index contributed by atoms with van der Waals surface area (Å²) in [5, 5.41) is 3.97. The molecule has 1 aliphatic carbocycles. The molecule has 1 aromatic carbocycles. The fourth-order valence-corrected chi connectivity index (χ4v) is 4.31. The minimum atomic E-state index is 0.0298. The van der Waals surface area contributed by atoms with Crippen LogP contribution in [0.15, 0.2) is 24.3 Å². The van der Waals surface area contributed by atoms with E-state index >= 15 is 0 Å². The first-order valence-electron chi connectivity index (χ1n) is 9.55. The maximum atomic E-state index is 12.7. The molecule has 0 bridgehead atoms. The molecule has 1 atom stereocenters. The molecule has 26 heavy (non-hydrogen) atoms. The maximum absolute atomic E-state index is 12.7. The zero-order chi connectivity index (χ0) is 18.5. The monoisotopic (exact) mass is 377 g/mol. The SMILES string of the molecule is CC(=O)N1CCN(CC(=O)N[C@H](c2cccc(Cl)c2)C2CCCC2)CC1. The summed E-state index contributed by atoms with van der Waals surface area (Å²) in [5.41, 5.74) is 1.10. The number of hydrogen-bond donors (Lipinski definition) is 1. The average molecular weight is 378 g/mol. The summed E-state index contributed by atoms with van der Waals surface area (Å²) >= 11 is 6.17. The van der Waals surface area contributed by atoms with Crippen molar-refractivity contribution in [2.45, 2.75) is 38.6 Å². The van der Waals surface area contributed by atoms with Crippen molar-refractivity contribution in [2.75, 3.05) is 32.7 Å². The van der Waals surface area contributed by atoms with Crippen molar-refractivity contribution in [2.24, 2.45) is 5.92 Å². The summed E-state index contributed by atoms with van der Waals surface area (Å²) in [6, 6.07) is 7.87. The van der Waals surface area contributed by atoms with Crippen molar-refractivity contribution in [1.29, 1.82) is 0 Å². The summed E-state index contributed by atoms with van der Waals surface area (Å²) in [6.45, 7) is 4.87. The highest BCUT2D eigenvalue weighted by Crippen LogP contribution is 2.36. The zero-order valence-corrected chi connectivity index (χ0v) is 16.2. The van der Waals surface area contributed by atoms with Crippen molar-refractivity contribution in [3.05, 3.63) is 34.9 Å². The molecule has 2 fully saturated rings. The molecule has 1 saturated heterocycles. The van der Waals surface area contributed by atoms with E-state index in [1.54, 1.807) is 6.92 Å². The van der Waals surface area contributed by atoms with Gasteiger partial charge in [0, 0.05) is 38.1 Å². The molecule has 6 heteroatoms. The fraction of sp³-hybridized carbons (Fsp3) is 0.600. The lowest BCUT2D eigenvalue weighted by Crippen LogP contribution is -2.51. The van der Waals surface area contributed by atoms with Gasteiger partial charge in [0.05, 0.1) is 12.6 Å². The number of piperazine rings is 1. The molecule has 142 valence electrons.